The molecule has 3 rings (SSSR count). The van der Waals surface area contributed by atoms with Gasteiger partial charge in [0, 0.05) is 6.07 Å². The molecule has 124 valence electrons. The summed E-state index contributed by atoms with van der Waals surface area (Å²) in [5.41, 5.74) is -0.457. The molecule has 0 atom stereocenters. The van der Waals surface area contributed by atoms with Gasteiger partial charge in [-0.1, -0.05) is 0 Å². The predicted molar refractivity (Wildman–Crippen MR) is 85.1 cm³/mol. The molecule has 2 N–H and O–H groups in total. The van der Waals surface area contributed by atoms with Crippen LogP contribution in [0.15, 0.2) is 52.2 Å². The maximum Gasteiger partial charge on any atom is 0.335 e. The lowest BCUT2D eigenvalue weighted by molar-refractivity contribution is 0.0696. The van der Waals surface area contributed by atoms with Crippen molar-refractivity contribution in [1.82, 2.24) is 9.19 Å². The van der Waals surface area contributed by atoms with Crippen LogP contribution in [-0.2, 0) is 10.0 Å². The van der Waals surface area contributed by atoms with Crippen molar-refractivity contribution < 1.29 is 23.1 Å². The van der Waals surface area contributed by atoms with E-state index in [1.807, 2.05) is 0 Å². The van der Waals surface area contributed by atoms with Crippen molar-refractivity contribution >= 4 is 26.9 Å². The van der Waals surface area contributed by atoms with Crippen LogP contribution in [0, 0.1) is 0 Å². The zero-order valence-electron chi connectivity index (χ0n) is 12.4. The van der Waals surface area contributed by atoms with Gasteiger partial charge in [0.2, 0.25) is 0 Å². The number of ether oxygens (including phenoxy) is 1. The number of aromatic carboxylic acids is 1. The van der Waals surface area contributed by atoms with E-state index in [0.29, 0.717) is 5.75 Å². The number of carboxylic acids is 1. The molecule has 1 aromatic heterocycles. The Kier molecular flexibility index (Phi) is 3.64. The van der Waals surface area contributed by atoms with Gasteiger partial charge in [-0.25, -0.2) is 9.89 Å². The monoisotopic (exact) mass is 348 g/mol. The first-order chi connectivity index (χ1) is 11.3. The van der Waals surface area contributed by atoms with Gasteiger partial charge in [-0.2, -0.15) is 12.5 Å². The third-order valence-corrected chi connectivity index (χ3v) is 5.15. The maximum atomic E-state index is 12.7. The predicted octanol–water partition coefficient (Wildman–Crippen LogP) is 1.27. The van der Waals surface area contributed by atoms with Crippen molar-refractivity contribution in [2.75, 3.05) is 7.11 Å². The van der Waals surface area contributed by atoms with Gasteiger partial charge in [0.25, 0.3) is 15.6 Å². The van der Waals surface area contributed by atoms with E-state index < -0.39 is 21.6 Å². The minimum atomic E-state index is -4.10. The van der Waals surface area contributed by atoms with E-state index in [9.17, 15) is 18.0 Å². The van der Waals surface area contributed by atoms with Gasteiger partial charge >= 0.3 is 5.97 Å². The molecule has 8 nitrogen and oxygen atoms in total. The molecule has 2 aromatic carbocycles. The summed E-state index contributed by atoms with van der Waals surface area (Å²) in [6.07, 6.45) is 0. The number of hydrogen-bond acceptors (Lipinski definition) is 5. The van der Waals surface area contributed by atoms with E-state index in [2.05, 4.69) is 5.10 Å². The summed E-state index contributed by atoms with van der Waals surface area (Å²) in [6, 6.07) is 9.14. The Morgan fingerprint density at radius 3 is 2.42 bits per heavy atom. The van der Waals surface area contributed by atoms with Gasteiger partial charge in [0.05, 0.1) is 28.5 Å². The minimum Gasteiger partial charge on any atom is -0.497 e. The lowest BCUT2D eigenvalue weighted by atomic mass is 10.2. The summed E-state index contributed by atoms with van der Waals surface area (Å²) in [7, 11) is -2.67. The van der Waals surface area contributed by atoms with Gasteiger partial charge in [0.1, 0.15) is 5.75 Å². The van der Waals surface area contributed by atoms with Crippen LogP contribution in [0.5, 0.6) is 5.75 Å². The van der Waals surface area contributed by atoms with Crippen LogP contribution in [0.2, 0.25) is 0 Å². The fraction of sp³-hybridized carbons (Fsp3) is 0.0667. The van der Waals surface area contributed by atoms with Crippen LogP contribution in [0.25, 0.3) is 10.9 Å². The number of carbonyl (C=O) groups is 1. The summed E-state index contributed by atoms with van der Waals surface area (Å²) in [5.74, 6) is -0.768. The minimum absolute atomic E-state index is 0.0403. The molecule has 9 heteroatoms. The summed E-state index contributed by atoms with van der Waals surface area (Å²) >= 11 is 0. The van der Waals surface area contributed by atoms with Crippen molar-refractivity contribution in [3.8, 4) is 5.75 Å². The highest BCUT2D eigenvalue weighted by Gasteiger charge is 2.22. The summed E-state index contributed by atoms with van der Waals surface area (Å²) in [4.78, 5) is 22.7. The Morgan fingerprint density at radius 2 is 1.83 bits per heavy atom. The summed E-state index contributed by atoms with van der Waals surface area (Å²) < 4.78 is 31.3. The molecule has 1 heterocycles. The summed E-state index contributed by atoms with van der Waals surface area (Å²) in [5, 5.41) is 11.4. The lowest BCUT2D eigenvalue weighted by Crippen LogP contribution is -2.17. The Hall–Kier alpha value is -3.07. The molecule has 0 spiro atoms. The van der Waals surface area contributed by atoms with Gasteiger partial charge in [-0.15, -0.1) is 0 Å². The highest BCUT2D eigenvalue weighted by atomic mass is 32.2. The molecular weight excluding hydrogens is 336 g/mol. The van der Waals surface area contributed by atoms with E-state index in [0.717, 1.165) is 4.09 Å². The highest BCUT2D eigenvalue weighted by Crippen LogP contribution is 2.22. The van der Waals surface area contributed by atoms with Crippen molar-refractivity contribution in [3.63, 3.8) is 0 Å². The molecule has 0 fully saturated rings. The molecule has 0 amide bonds. The second-order valence-electron chi connectivity index (χ2n) is 4.92. The molecule has 0 bridgehead atoms. The fourth-order valence-electron chi connectivity index (χ4n) is 2.28. The number of nitrogens with one attached hydrogen (secondary N) is 1. The summed E-state index contributed by atoms with van der Waals surface area (Å²) in [6.45, 7) is 0. The normalized spacial score (nSPS) is 11.5. The molecule has 0 aliphatic heterocycles. The quantitative estimate of drug-likeness (QED) is 0.733. The number of aromatic nitrogens is 2. The van der Waals surface area contributed by atoms with Crippen LogP contribution in [0.1, 0.15) is 10.4 Å². The number of methoxy groups -OCH3 is 1. The first-order valence-electron chi connectivity index (χ1n) is 6.72. The van der Waals surface area contributed by atoms with E-state index in [1.54, 1.807) is 6.07 Å². The molecule has 0 aliphatic carbocycles. The Morgan fingerprint density at radius 1 is 1.17 bits per heavy atom. The standard InChI is InChI=1S/C15H12N2O6S/c1-23-10-4-7-12-13(8-10)17(16-14(12)18)24(21,22)11-5-2-9(3-6-11)15(19)20/h2-8H,1H3,(H,16,18)(H,19,20). The Labute approximate surface area is 135 Å². The van der Waals surface area contributed by atoms with Gasteiger partial charge in [0.15, 0.2) is 0 Å². The molecule has 0 aliphatic rings. The zero-order chi connectivity index (χ0) is 17.5. The Bertz CT molecular complexity index is 1090. The molecule has 24 heavy (non-hydrogen) atoms. The van der Waals surface area contributed by atoms with Crippen molar-refractivity contribution in [3.05, 3.63) is 58.4 Å². The van der Waals surface area contributed by atoms with Gasteiger partial charge < -0.3 is 9.84 Å². The number of fused-ring (bicyclic) bond motifs is 1. The van der Waals surface area contributed by atoms with Gasteiger partial charge in [-0.05, 0) is 36.4 Å². The molecular formula is C15H12N2O6S. The average molecular weight is 348 g/mol. The third-order valence-electron chi connectivity index (χ3n) is 3.51. The number of aromatic amines is 1. The number of nitrogens with zero attached hydrogens (tertiary/aromatic N) is 1. The number of benzene rings is 2. The van der Waals surface area contributed by atoms with Gasteiger partial charge in [-0.3, -0.25) is 4.79 Å². The lowest BCUT2D eigenvalue weighted by Gasteiger charge is -2.08. The second-order valence-corrected chi connectivity index (χ2v) is 6.71. The molecule has 0 saturated heterocycles. The molecule has 3 aromatic rings. The smallest absolute Gasteiger partial charge is 0.335 e. The topological polar surface area (TPSA) is 118 Å². The fourth-order valence-corrected chi connectivity index (χ4v) is 3.58. The van der Waals surface area contributed by atoms with Crippen molar-refractivity contribution in [1.29, 1.82) is 0 Å². The van der Waals surface area contributed by atoms with Crippen LogP contribution in [0.3, 0.4) is 0 Å². The third kappa shape index (κ3) is 2.44. The highest BCUT2D eigenvalue weighted by molar-refractivity contribution is 7.90. The van der Waals surface area contributed by atoms with E-state index in [4.69, 9.17) is 9.84 Å². The van der Waals surface area contributed by atoms with Crippen molar-refractivity contribution in [2.45, 2.75) is 4.90 Å². The number of hydrogen-bond donors (Lipinski definition) is 2. The first kappa shape index (κ1) is 15.8. The van der Waals surface area contributed by atoms with Crippen LogP contribution in [0.4, 0.5) is 0 Å². The SMILES string of the molecule is COc1ccc2c(=O)[nH]n(S(=O)(=O)c3ccc(C(=O)O)cc3)c2c1. The average Bonchev–Trinajstić information content (AvgIpc) is 2.92. The van der Waals surface area contributed by atoms with Crippen LogP contribution in [-0.4, -0.2) is 35.8 Å². The first-order valence-corrected chi connectivity index (χ1v) is 8.16. The molecule has 0 radical (unpaired) electrons. The largest absolute Gasteiger partial charge is 0.497 e. The van der Waals surface area contributed by atoms with E-state index >= 15 is 0 Å². The maximum absolute atomic E-state index is 12.7. The number of carboxylic acid groups (broad SMARTS) is 1. The van der Waals surface area contributed by atoms with E-state index in [-0.39, 0.29) is 21.4 Å². The molecule has 0 unspecified atom stereocenters. The number of H-pyrrole nitrogens is 1. The van der Waals surface area contributed by atoms with Crippen LogP contribution >= 0.6 is 0 Å². The molecule has 0 saturated carbocycles. The van der Waals surface area contributed by atoms with Crippen molar-refractivity contribution in [2.24, 2.45) is 0 Å². The number of rotatable bonds is 4. The van der Waals surface area contributed by atoms with E-state index in [1.165, 1.54) is 43.5 Å². The second kappa shape index (κ2) is 5.53. The Balaban J connectivity index is 2.21. The zero-order valence-corrected chi connectivity index (χ0v) is 13.2. The van der Waals surface area contributed by atoms with Crippen LogP contribution < -0.4 is 10.3 Å².